The predicted molar refractivity (Wildman–Crippen MR) is 75.9 cm³/mol. The molecule has 112 valence electrons. The molecule has 4 saturated carbocycles. The van der Waals surface area contributed by atoms with Crippen molar-refractivity contribution in [3.8, 4) is 0 Å². The molecule has 3 heteroatoms. The first kappa shape index (κ1) is 14.1. The summed E-state index contributed by atoms with van der Waals surface area (Å²) in [6.07, 6.45) is 7.55. The Bertz CT molecular complexity index is 418. The van der Waals surface area contributed by atoms with Crippen molar-refractivity contribution in [2.45, 2.75) is 46.0 Å². The number of hydrogen-bond donors (Lipinski definition) is 0. The summed E-state index contributed by atoms with van der Waals surface area (Å²) in [5.41, 5.74) is -0.148. The molecule has 0 aromatic heterocycles. The molecule has 4 bridgehead atoms. The number of carbonyl (C=O) groups is 2. The Labute approximate surface area is 121 Å². The lowest BCUT2D eigenvalue weighted by molar-refractivity contribution is -0.158. The van der Waals surface area contributed by atoms with Crippen LogP contribution in [0.25, 0.3) is 0 Å². The molecule has 4 rings (SSSR count). The Morgan fingerprint density at radius 1 is 1.15 bits per heavy atom. The van der Waals surface area contributed by atoms with Gasteiger partial charge in [0.05, 0.1) is 12.5 Å². The molecule has 3 nitrogen and oxygen atoms in total. The van der Waals surface area contributed by atoms with Gasteiger partial charge in [0.2, 0.25) is 0 Å². The van der Waals surface area contributed by atoms with Gasteiger partial charge in [-0.3, -0.25) is 4.79 Å². The highest BCUT2D eigenvalue weighted by Crippen LogP contribution is 2.71. The van der Waals surface area contributed by atoms with Crippen LogP contribution in [0.2, 0.25) is 0 Å². The van der Waals surface area contributed by atoms with Gasteiger partial charge >= 0.3 is 5.97 Å². The Hall–Kier alpha value is -0.860. The van der Waals surface area contributed by atoms with Crippen molar-refractivity contribution in [1.29, 1.82) is 0 Å². The lowest BCUT2D eigenvalue weighted by atomic mass is 9.61. The van der Waals surface area contributed by atoms with E-state index in [4.69, 9.17) is 9.53 Å². The smallest absolute Gasteiger partial charge is 0.311 e. The normalized spacial score (nSPS) is 50.4. The first-order valence-electron chi connectivity index (χ1n) is 8.05. The lowest BCUT2D eigenvalue weighted by Gasteiger charge is -2.42. The van der Waals surface area contributed by atoms with E-state index in [2.05, 4.69) is 6.92 Å². The third-order valence-electron chi connectivity index (χ3n) is 6.77. The molecule has 0 spiro atoms. The molecule has 0 aromatic rings. The molecule has 4 aliphatic carbocycles. The van der Waals surface area contributed by atoms with Crippen LogP contribution in [0.1, 0.15) is 46.0 Å². The molecule has 0 radical (unpaired) electrons. The number of hydrogen-bond acceptors (Lipinski definition) is 3. The second-order valence-electron chi connectivity index (χ2n) is 7.44. The summed E-state index contributed by atoms with van der Waals surface area (Å²) in [7, 11) is 1.55. The second kappa shape index (κ2) is 4.85. The van der Waals surface area contributed by atoms with E-state index in [1.165, 1.54) is 32.6 Å². The zero-order valence-corrected chi connectivity index (χ0v) is 12.8. The molecule has 0 N–H and O–H groups in total. The summed E-state index contributed by atoms with van der Waals surface area (Å²) in [4.78, 5) is 20.9. The topological polar surface area (TPSA) is 43.4 Å². The first-order valence-corrected chi connectivity index (χ1v) is 8.05. The number of rotatable bonds is 1. The minimum atomic E-state index is -0.148. The van der Waals surface area contributed by atoms with E-state index >= 15 is 0 Å². The van der Waals surface area contributed by atoms with Gasteiger partial charge in [-0.25, -0.2) is 0 Å². The van der Waals surface area contributed by atoms with E-state index in [-0.39, 0.29) is 11.4 Å². The molecular formula is C17H26O3. The quantitative estimate of drug-likeness (QED) is 0.420. The zero-order chi connectivity index (χ0) is 14.5. The molecule has 0 aromatic carbocycles. The van der Waals surface area contributed by atoms with E-state index in [1.807, 2.05) is 0 Å². The summed E-state index contributed by atoms with van der Waals surface area (Å²) >= 11 is 0. The summed E-state index contributed by atoms with van der Waals surface area (Å²) in [5.74, 6) is 5.36. The number of fused-ring (bicyclic) bond motifs is 9. The van der Waals surface area contributed by atoms with Crippen molar-refractivity contribution in [3.63, 3.8) is 0 Å². The van der Waals surface area contributed by atoms with Crippen LogP contribution in [0.4, 0.5) is 0 Å². The maximum absolute atomic E-state index is 12.1. The van der Waals surface area contributed by atoms with Gasteiger partial charge in [-0.2, -0.15) is 0 Å². The maximum Gasteiger partial charge on any atom is 0.311 e. The maximum atomic E-state index is 12.1. The van der Waals surface area contributed by atoms with Crippen molar-refractivity contribution in [3.05, 3.63) is 0 Å². The van der Waals surface area contributed by atoms with Crippen LogP contribution < -0.4 is 0 Å². The van der Waals surface area contributed by atoms with Crippen LogP contribution >= 0.6 is 0 Å². The highest BCUT2D eigenvalue weighted by molar-refractivity contribution is 5.77. The minimum Gasteiger partial charge on any atom is -0.469 e. The summed E-state index contributed by atoms with van der Waals surface area (Å²) < 4.78 is 5.08. The van der Waals surface area contributed by atoms with Gasteiger partial charge in [0.25, 0.3) is 0 Å². The Balaban J connectivity index is 0.000000373. The van der Waals surface area contributed by atoms with Crippen molar-refractivity contribution < 1.29 is 14.3 Å². The molecule has 7 unspecified atom stereocenters. The molecule has 4 aliphatic rings. The van der Waals surface area contributed by atoms with Crippen LogP contribution in [-0.4, -0.2) is 19.4 Å². The SMILES string of the molecule is CC=O.COC(=O)C1(C)CC2CC1C1C3CCC(C3)C21. The van der Waals surface area contributed by atoms with Crippen molar-refractivity contribution in [2.24, 2.45) is 40.9 Å². The van der Waals surface area contributed by atoms with Crippen LogP contribution in [-0.2, 0) is 14.3 Å². The average molecular weight is 278 g/mol. The number of aldehydes is 1. The minimum absolute atomic E-state index is 0.0613. The number of carbonyl (C=O) groups excluding carboxylic acids is 2. The van der Waals surface area contributed by atoms with Gasteiger partial charge < -0.3 is 9.53 Å². The van der Waals surface area contributed by atoms with E-state index < -0.39 is 0 Å². The number of ether oxygens (including phenoxy) is 1. The van der Waals surface area contributed by atoms with Crippen LogP contribution in [0.5, 0.6) is 0 Å². The Morgan fingerprint density at radius 3 is 2.35 bits per heavy atom. The van der Waals surface area contributed by atoms with Gasteiger partial charge in [-0.1, -0.05) is 0 Å². The summed E-state index contributed by atoms with van der Waals surface area (Å²) in [5, 5.41) is 0. The summed E-state index contributed by atoms with van der Waals surface area (Å²) in [6, 6.07) is 0. The van der Waals surface area contributed by atoms with Crippen molar-refractivity contribution in [1.82, 2.24) is 0 Å². The summed E-state index contributed by atoms with van der Waals surface area (Å²) in [6.45, 7) is 3.62. The third-order valence-corrected chi connectivity index (χ3v) is 6.77. The standard InChI is InChI=1S/C15H22O2.C2H4O/c1-15(14(16)17-2)7-10-6-11(15)13-9-4-3-8(5-9)12(10)13;1-2-3/h8-13H,3-7H2,1-2H3;2H,1H3. The number of methoxy groups -OCH3 is 1. The van der Waals surface area contributed by atoms with E-state index in [1.54, 1.807) is 7.11 Å². The Kier molecular flexibility index (Phi) is 3.42. The molecule has 0 saturated heterocycles. The largest absolute Gasteiger partial charge is 0.469 e. The van der Waals surface area contributed by atoms with Gasteiger partial charge in [0.15, 0.2) is 0 Å². The highest BCUT2D eigenvalue weighted by Gasteiger charge is 2.67. The molecule has 0 heterocycles. The predicted octanol–water partition coefficient (Wildman–Crippen LogP) is 3.07. The van der Waals surface area contributed by atoms with E-state index in [0.717, 1.165) is 42.3 Å². The van der Waals surface area contributed by atoms with E-state index in [0.29, 0.717) is 5.92 Å². The Morgan fingerprint density at radius 2 is 1.75 bits per heavy atom. The fourth-order valence-electron chi connectivity index (χ4n) is 6.38. The monoisotopic (exact) mass is 278 g/mol. The average Bonchev–Trinajstić information content (AvgIpc) is 3.15. The fraction of sp³-hybridized carbons (Fsp3) is 0.882. The van der Waals surface area contributed by atoms with Crippen molar-refractivity contribution in [2.75, 3.05) is 7.11 Å². The van der Waals surface area contributed by atoms with Crippen LogP contribution in [0, 0.1) is 40.9 Å². The highest BCUT2D eigenvalue weighted by atomic mass is 16.5. The molecule has 20 heavy (non-hydrogen) atoms. The molecular weight excluding hydrogens is 252 g/mol. The molecule has 7 atom stereocenters. The zero-order valence-electron chi connectivity index (χ0n) is 12.8. The van der Waals surface area contributed by atoms with E-state index in [9.17, 15) is 4.79 Å². The van der Waals surface area contributed by atoms with Crippen LogP contribution in [0.3, 0.4) is 0 Å². The van der Waals surface area contributed by atoms with Gasteiger partial charge in [-0.15, -0.1) is 0 Å². The molecule has 0 aliphatic heterocycles. The van der Waals surface area contributed by atoms with Gasteiger partial charge in [0, 0.05) is 0 Å². The van der Waals surface area contributed by atoms with Crippen molar-refractivity contribution >= 4 is 12.3 Å². The van der Waals surface area contributed by atoms with Crippen LogP contribution in [0.15, 0.2) is 0 Å². The molecule has 4 fully saturated rings. The third kappa shape index (κ3) is 1.71. The number of esters is 1. The molecule has 0 amide bonds. The van der Waals surface area contributed by atoms with Gasteiger partial charge in [0.1, 0.15) is 6.29 Å². The fourth-order valence-corrected chi connectivity index (χ4v) is 6.38. The van der Waals surface area contributed by atoms with Gasteiger partial charge in [-0.05, 0) is 81.5 Å². The first-order chi connectivity index (χ1) is 9.56. The second-order valence-corrected chi connectivity index (χ2v) is 7.44. The lowest BCUT2D eigenvalue weighted by Crippen LogP contribution is -2.43.